The van der Waals surface area contributed by atoms with Gasteiger partial charge in [-0.2, -0.15) is 0 Å². The molecule has 0 aromatic carbocycles. The number of furan rings is 1. The molecule has 1 aliphatic heterocycles. The average Bonchev–Trinajstić information content (AvgIpc) is 3.03. The Bertz CT molecular complexity index is 661. The van der Waals surface area contributed by atoms with Crippen LogP contribution in [0.15, 0.2) is 16.7 Å². The zero-order chi connectivity index (χ0) is 18.4. The summed E-state index contributed by atoms with van der Waals surface area (Å²) in [4.78, 5) is 50.2. The van der Waals surface area contributed by atoms with E-state index in [9.17, 15) is 19.2 Å². The van der Waals surface area contributed by atoms with Gasteiger partial charge in [-0.15, -0.1) is 0 Å². The van der Waals surface area contributed by atoms with Gasteiger partial charge in [-0.05, 0) is 13.0 Å². The maximum Gasteiger partial charge on any atom is 0.273 e. The molecule has 1 aromatic rings. The van der Waals surface area contributed by atoms with Crippen LogP contribution in [0.4, 0.5) is 0 Å². The van der Waals surface area contributed by atoms with Crippen molar-refractivity contribution in [3.8, 4) is 0 Å². The fourth-order valence-electron chi connectivity index (χ4n) is 2.53. The monoisotopic (exact) mass is 350 g/mol. The van der Waals surface area contributed by atoms with E-state index in [2.05, 4.69) is 10.9 Å². The lowest BCUT2D eigenvalue weighted by molar-refractivity contribution is -0.139. The standard InChI is InChI=1S/C16H22N4O5/c1-11-13(5-10-25-11)16(24)18-17-14(22)3-4-15(23)20-8-6-19(7-9-20)12(2)21/h5,10H,3-4,6-9H2,1-2H3,(H,17,22)(H,18,24). The highest BCUT2D eigenvalue weighted by Crippen LogP contribution is 2.08. The third-order valence-corrected chi connectivity index (χ3v) is 4.06. The summed E-state index contributed by atoms with van der Waals surface area (Å²) in [6.45, 7) is 5.09. The quantitative estimate of drug-likeness (QED) is 0.732. The van der Waals surface area contributed by atoms with E-state index in [1.165, 1.54) is 19.3 Å². The Morgan fingerprint density at radius 2 is 1.68 bits per heavy atom. The Balaban J connectivity index is 1.68. The predicted octanol–water partition coefficient (Wildman–Crippen LogP) is -0.180. The summed E-state index contributed by atoms with van der Waals surface area (Å²) in [5.74, 6) is -0.631. The van der Waals surface area contributed by atoms with Gasteiger partial charge in [0.25, 0.3) is 5.91 Å². The molecule has 2 rings (SSSR count). The van der Waals surface area contributed by atoms with Crippen molar-refractivity contribution in [3.05, 3.63) is 23.7 Å². The Morgan fingerprint density at radius 3 is 2.24 bits per heavy atom. The van der Waals surface area contributed by atoms with Crippen molar-refractivity contribution < 1.29 is 23.6 Å². The SMILES string of the molecule is CC(=O)N1CCN(C(=O)CCC(=O)NNC(=O)c2ccoc2C)CC1. The van der Waals surface area contributed by atoms with E-state index in [1.54, 1.807) is 16.7 Å². The Kier molecular flexibility index (Phi) is 6.15. The van der Waals surface area contributed by atoms with E-state index in [0.29, 0.717) is 37.5 Å². The number of carbonyl (C=O) groups is 4. The van der Waals surface area contributed by atoms with Crippen molar-refractivity contribution in [1.82, 2.24) is 20.7 Å². The van der Waals surface area contributed by atoms with Crippen LogP contribution in [0.1, 0.15) is 35.9 Å². The largest absolute Gasteiger partial charge is 0.469 e. The van der Waals surface area contributed by atoms with E-state index in [0.717, 1.165) is 0 Å². The lowest BCUT2D eigenvalue weighted by Gasteiger charge is -2.34. The number of nitrogens with zero attached hydrogens (tertiary/aromatic N) is 2. The zero-order valence-corrected chi connectivity index (χ0v) is 14.3. The second kappa shape index (κ2) is 8.32. The topological polar surface area (TPSA) is 112 Å². The van der Waals surface area contributed by atoms with E-state index in [1.807, 2.05) is 0 Å². The predicted molar refractivity (Wildman–Crippen MR) is 87.1 cm³/mol. The van der Waals surface area contributed by atoms with E-state index >= 15 is 0 Å². The molecule has 2 N–H and O–H groups in total. The van der Waals surface area contributed by atoms with Gasteiger partial charge in [0.1, 0.15) is 5.76 Å². The van der Waals surface area contributed by atoms with E-state index in [4.69, 9.17) is 4.42 Å². The van der Waals surface area contributed by atoms with Gasteiger partial charge in [0.2, 0.25) is 17.7 Å². The summed E-state index contributed by atoms with van der Waals surface area (Å²) >= 11 is 0. The summed E-state index contributed by atoms with van der Waals surface area (Å²) in [5.41, 5.74) is 4.89. The third kappa shape index (κ3) is 5.07. The Labute approximate surface area is 145 Å². The number of piperazine rings is 1. The lowest BCUT2D eigenvalue weighted by Crippen LogP contribution is -2.50. The van der Waals surface area contributed by atoms with Crippen molar-refractivity contribution in [2.45, 2.75) is 26.7 Å². The van der Waals surface area contributed by atoms with Crippen LogP contribution in [-0.4, -0.2) is 59.6 Å². The molecule has 25 heavy (non-hydrogen) atoms. The Morgan fingerprint density at radius 1 is 1.04 bits per heavy atom. The summed E-state index contributed by atoms with van der Waals surface area (Å²) in [5, 5.41) is 0. The first-order valence-electron chi connectivity index (χ1n) is 8.05. The molecule has 2 heterocycles. The summed E-state index contributed by atoms with van der Waals surface area (Å²) in [6, 6.07) is 1.50. The zero-order valence-electron chi connectivity index (χ0n) is 14.3. The van der Waals surface area contributed by atoms with E-state index in [-0.39, 0.29) is 24.7 Å². The van der Waals surface area contributed by atoms with Crippen LogP contribution in [0, 0.1) is 6.92 Å². The van der Waals surface area contributed by atoms with Gasteiger partial charge in [-0.25, -0.2) is 0 Å². The number of nitrogens with one attached hydrogen (secondary N) is 2. The molecule has 0 spiro atoms. The molecule has 9 nitrogen and oxygen atoms in total. The molecule has 1 aromatic heterocycles. The van der Waals surface area contributed by atoms with Crippen molar-refractivity contribution in [3.63, 3.8) is 0 Å². The number of aryl methyl sites for hydroxylation is 1. The molecule has 1 fully saturated rings. The molecule has 1 saturated heterocycles. The van der Waals surface area contributed by atoms with Crippen molar-refractivity contribution in [1.29, 1.82) is 0 Å². The molecular weight excluding hydrogens is 328 g/mol. The normalized spacial score (nSPS) is 14.2. The molecule has 0 aliphatic carbocycles. The highest BCUT2D eigenvalue weighted by atomic mass is 16.3. The van der Waals surface area contributed by atoms with Gasteiger partial charge in [0.05, 0.1) is 11.8 Å². The molecule has 0 unspecified atom stereocenters. The van der Waals surface area contributed by atoms with Crippen LogP contribution in [0.3, 0.4) is 0 Å². The second-order valence-electron chi connectivity index (χ2n) is 5.78. The molecule has 0 atom stereocenters. The fraction of sp³-hybridized carbons (Fsp3) is 0.500. The van der Waals surface area contributed by atoms with Crippen LogP contribution in [0.5, 0.6) is 0 Å². The van der Waals surface area contributed by atoms with Gasteiger partial charge in [0, 0.05) is 45.9 Å². The van der Waals surface area contributed by atoms with E-state index < -0.39 is 11.8 Å². The molecule has 9 heteroatoms. The van der Waals surface area contributed by atoms with Crippen molar-refractivity contribution in [2.75, 3.05) is 26.2 Å². The first-order chi connectivity index (χ1) is 11.9. The van der Waals surface area contributed by atoms with Gasteiger partial charge in [-0.3, -0.25) is 30.0 Å². The van der Waals surface area contributed by atoms with Gasteiger partial charge in [-0.1, -0.05) is 0 Å². The third-order valence-electron chi connectivity index (χ3n) is 4.06. The molecule has 0 bridgehead atoms. The van der Waals surface area contributed by atoms with Crippen LogP contribution in [-0.2, 0) is 14.4 Å². The summed E-state index contributed by atoms with van der Waals surface area (Å²) in [7, 11) is 0. The first-order valence-corrected chi connectivity index (χ1v) is 8.05. The van der Waals surface area contributed by atoms with Gasteiger partial charge >= 0.3 is 0 Å². The maximum atomic E-state index is 12.1. The number of hydrogen-bond donors (Lipinski definition) is 2. The molecule has 1 aliphatic rings. The minimum Gasteiger partial charge on any atom is -0.469 e. The number of hydrazine groups is 1. The lowest BCUT2D eigenvalue weighted by atomic mass is 10.2. The first kappa shape index (κ1) is 18.5. The average molecular weight is 350 g/mol. The fourth-order valence-corrected chi connectivity index (χ4v) is 2.53. The van der Waals surface area contributed by atoms with Crippen LogP contribution in [0.2, 0.25) is 0 Å². The number of rotatable bonds is 4. The van der Waals surface area contributed by atoms with Crippen LogP contribution >= 0.6 is 0 Å². The molecule has 136 valence electrons. The highest BCUT2D eigenvalue weighted by Gasteiger charge is 2.22. The minimum atomic E-state index is -0.480. The molecule has 0 radical (unpaired) electrons. The van der Waals surface area contributed by atoms with Gasteiger partial charge in [0.15, 0.2) is 0 Å². The smallest absolute Gasteiger partial charge is 0.273 e. The number of hydrogen-bond acceptors (Lipinski definition) is 5. The summed E-state index contributed by atoms with van der Waals surface area (Å²) in [6.07, 6.45) is 1.40. The van der Waals surface area contributed by atoms with Gasteiger partial charge < -0.3 is 14.2 Å². The summed E-state index contributed by atoms with van der Waals surface area (Å²) < 4.78 is 5.01. The maximum absolute atomic E-state index is 12.1. The number of carbonyl (C=O) groups excluding carboxylic acids is 4. The van der Waals surface area contributed by atoms with Crippen molar-refractivity contribution in [2.24, 2.45) is 0 Å². The molecular formula is C16H22N4O5. The molecule has 4 amide bonds. The van der Waals surface area contributed by atoms with Crippen LogP contribution in [0.25, 0.3) is 0 Å². The van der Waals surface area contributed by atoms with Crippen LogP contribution < -0.4 is 10.9 Å². The second-order valence-corrected chi connectivity index (χ2v) is 5.78. The highest BCUT2D eigenvalue weighted by molar-refractivity contribution is 5.96. The molecule has 0 saturated carbocycles. The van der Waals surface area contributed by atoms with Crippen molar-refractivity contribution >= 4 is 23.6 Å². The Hall–Kier alpha value is -2.84. The minimum absolute atomic E-state index is 0.00456. The number of amides is 4.